The van der Waals surface area contributed by atoms with Gasteiger partial charge in [0.2, 0.25) is 11.8 Å². The number of carboxylic acid groups (broad SMARTS) is 1. The van der Waals surface area contributed by atoms with Crippen LogP contribution in [0.25, 0.3) is 6.08 Å². The Balaban J connectivity index is 2.87. The molecular formula is C12H13NO4. The summed E-state index contributed by atoms with van der Waals surface area (Å²) in [5.41, 5.74) is 0.739. The van der Waals surface area contributed by atoms with Gasteiger partial charge in [0.1, 0.15) is 0 Å². The molecule has 0 unspecified atom stereocenters. The third-order valence-corrected chi connectivity index (χ3v) is 1.89. The van der Waals surface area contributed by atoms with Crippen molar-refractivity contribution in [3.63, 3.8) is 0 Å². The van der Waals surface area contributed by atoms with Crippen LogP contribution in [0.3, 0.4) is 0 Å². The van der Waals surface area contributed by atoms with E-state index >= 15 is 0 Å². The molecule has 1 heterocycles. The third kappa shape index (κ3) is 3.98. The van der Waals surface area contributed by atoms with Crippen molar-refractivity contribution in [3.8, 4) is 11.8 Å². The van der Waals surface area contributed by atoms with Crippen molar-refractivity contribution < 1.29 is 19.4 Å². The molecule has 0 radical (unpaired) electrons. The number of pyridine rings is 1. The molecule has 0 aromatic carbocycles. The highest BCUT2D eigenvalue weighted by atomic mass is 16.5. The van der Waals surface area contributed by atoms with E-state index < -0.39 is 5.97 Å². The van der Waals surface area contributed by atoms with E-state index in [1.165, 1.54) is 20.3 Å². The number of hydrogen-bond acceptors (Lipinski definition) is 4. The Bertz CT molecular complexity index is 452. The predicted molar refractivity (Wildman–Crippen MR) is 63.2 cm³/mol. The number of carboxylic acids is 1. The molecule has 0 spiro atoms. The summed E-state index contributed by atoms with van der Waals surface area (Å²) in [6.07, 6.45) is 5.76. The van der Waals surface area contributed by atoms with Crippen LogP contribution in [0.1, 0.15) is 5.56 Å². The number of rotatable bonds is 5. The first kappa shape index (κ1) is 12.8. The third-order valence-electron chi connectivity index (χ3n) is 1.89. The second-order valence-corrected chi connectivity index (χ2v) is 3.01. The number of methoxy groups -OCH3 is 2. The summed E-state index contributed by atoms with van der Waals surface area (Å²) in [6.45, 7) is 0. The maximum absolute atomic E-state index is 10.2. The standard InChI is InChI=1S/C12H13NO4/c1-16-10-8-7-9(12(13-10)17-2)5-3-4-6-11(14)15/h3-8H,1-2H3,(H,14,15)/b5-3+,6-4+. The Labute approximate surface area is 99.0 Å². The molecule has 0 atom stereocenters. The maximum atomic E-state index is 10.2. The molecule has 1 rings (SSSR count). The van der Waals surface area contributed by atoms with Gasteiger partial charge in [-0.3, -0.25) is 0 Å². The van der Waals surface area contributed by atoms with Crippen LogP contribution in [-0.2, 0) is 4.79 Å². The van der Waals surface area contributed by atoms with Crippen molar-refractivity contribution in [2.45, 2.75) is 0 Å². The van der Waals surface area contributed by atoms with Gasteiger partial charge in [0.25, 0.3) is 0 Å². The number of aliphatic carboxylic acids is 1. The van der Waals surface area contributed by atoms with Crippen LogP contribution < -0.4 is 9.47 Å². The van der Waals surface area contributed by atoms with Crippen molar-refractivity contribution in [2.75, 3.05) is 14.2 Å². The SMILES string of the molecule is COc1ccc(/C=C/C=C/C(=O)O)c(OC)n1. The molecule has 0 aliphatic rings. The highest BCUT2D eigenvalue weighted by Gasteiger charge is 2.02. The monoisotopic (exact) mass is 235 g/mol. The quantitative estimate of drug-likeness (QED) is 0.622. The van der Waals surface area contributed by atoms with Crippen LogP contribution in [0.5, 0.6) is 11.8 Å². The maximum Gasteiger partial charge on any atom is 0.328 e. The van der Waals surface area contributed by atoms with Crippen LogP contribution in [0.4, 0.5) is 0 Å². The molecule has 0 aliphatic carbocycles. The van der Waals surface area contributed by atoms with E-state index in [0.717, 1.165) is 11.6 Å². The van der Waals surface area contributed by atoms with Gasteiger partial charge in [0.05, 0.1) is 14.2 Å². The lowest BCUT2D eigenvalue weighted by atomic mass is 10.2. The average molecular weight is 235 g/mol. The summed E-state index contributed by atoms with van der Waals surface area (Å²) in [4.78, 5) is 14.3. The Morgan fingerprint density at radius 2 is 2.06 bits per heavy atom. The van der Waals surface area contributed by atoms with E-state index in [2.05, 4.69) is 4.98 Å². The Hall–Kier alpha value is -2.30. The molecule has 0 saturated carbocycles. The Morgan fingerprint density at radius 1 is 1.29 bits per heavy atom. The van der Waals surface area contributed by atoms with Gasteiger partial charge < -0.3 is 14.6 Å². The fourth-order valence-electron chi connectivity index (χ4n) is 1.14. The lowest BCUT2D eigenvalue weighted by Crippen LogP contribution is -1.94. The summed E-state index contributed by atoms with van der Waals surface area (Å²) in [6, 6.07) is 3.47. The molecule has 0 bridgehead atoms. The highest BCUT2D eigenvalue weighted by Crippen LogP contribution is 2.20. The molecule has 17 heavy (non-hydrogen) atoms. The molecule has 1 aromatic heterocycles. The highest BCUT2D eigenvalue weighted by molar-refractivity contribution is 5.80. The Kier molecular flexibility index (Phi) is 4.75. The van der Waals surface area contributed by atoms with E-state index in [1.807, 2.05) is 0 Å². The van der Waals surface area contributed by atoms with Crippen molar-refractivity contribution in [1.29, 1.82) is 0 Å². The van der Waals surface area contributed by atoms with Crippen LogP contribution in [-0.4, -0.2) is 30.3 Å². The minimum atomic E-state index is -0.991. The predicted octanol–water partition coefficient (Wildman–Crippen LogP) is 1.75. The lowest BCUT2D eigenvalue weighted by molar-refractivity contribution is -0.131. The molecule has 0 aliphatic heterocycles. The zero-order valence-corrected chi connectivity index (χ0v) is 9.58. The Morgan fingerprint density at radius 3 is 2.65 bits per heavy atom. The first-order valence-corrected chi connectivity index (χ1v) is 4.84. The summed E-state index contributed by atoms with van der Waals surface area (Å²) < 4.78 is 10.0. The van der Waals surface area contributed by atoms with Crippen LogP contribution in [0, 0.1) is 0 Å². The van der Waals surface area contributed by atoms with E-state index in [-0.39, 0.29) is 0 Å². The van der Waals surface area contributed by atoms with Gasteiger partial charge in [-0.1, -0.05) is 12.2 Å². The van der Waals surface area contributed by atoms with Crippen LogP contribution >= 0.6 is 0 Å². The zero-order chi connectivity index (χ0) is 12.7. The average Bonchev–Trinajstić information content (AvgIpc) is 2.34. The first-order chi connectivity index (χ1) is 8.17. The van der Waals surface area contributed by atoms with E-state index in [4.69, 9.17) is 14.6 Å². The van der Waals surface area contributed by atoms with Crippen molar-refractivity contribution in [1.82, 2.24) is 4.98 Å². The number of hydrogen-bond donors (Lipinski definition) is 1. The molecule has 0 saturated heterocycles. The van der Waals surface area contributed by atoms with Gasteiger partial charge in [-0.2, -0.15) is 4.98 Å². The molecular weight excluding hydrogens is 222 g/mol. The molecule has 90 valence electrons. The van der Waals surface area contributed by atoms with Gasteiger partial charge in [-0.25, -0.2) is 4.79 Å². The minimum Gasteiger partial charge on any atom is -0.481 e. The van der Waals surface area contributed by atoms with Crippen LogP contribution in [0.2, 0.25) is 0 Å². The normalized spacial score (nSPS) is 10.9. The van der Waals surface area contributed by atoms with E-state index in [1.54, 1.807) is 24.3 Å². The molecule has 1 aromatic rings. The molecule has 1 N–H and O–H groups in total. The van der Waals surface area contributed by atoms with Crippen molar-refractivity contribution >= 4 is 12.0 Å². The van der Waals surface area contributed by atoms with Crippen molar-refractivity contribution in [3.05, 3.63) is 35.9 Å². The molecule has 5 nitrogen and oxygen atoms in total. The second-order valence-electron chi connectivity index (χ2n) is 3.01. The fourth-order valence-corrected chi connectivity index (χ4v) is 1.14. The van der Waals surface area contributed by atoms with Crippen LogP contribution in [0.15, 0.2) is 30.4 Å². The topological polar surface area (TPSA) is 68.7 Å². The first-order valence-electron chi connectivity index (χ1n) is 4.84. The van der Waals surface area contributed by atoms with Gasteiger partial charge in [-0.05, 0) is 12.1 Å². The fraction of sp³-hybridized carbons (Fsp3) is 0.167. The largest absolute Gasteiger partial charge is 0.481 e. The number of nitrogens with zero attached hydrogens (tertiary/aromatic N) is 1. The van der Waals surface area contributed by atoms with Gasteiger partial charge in [0, 0.05) is 17.7 Å². The number of allylic oxidation sites excluding steroid dienone is 2. The van der Waals surface area contributed by atoms with Gasteiger partial charge >= 0.3 is 5.97 Å². The number of carbonyl (C=O) groups is 1. The minimum absolute atomic E-state index is 0.421. The summed E-state index contributed by atoms with van der Waals surface area (Å²) in [5, 5.41) is 8.41. The number of ether oxygens (including phenoxy) is 2. The van der Waals surface area contributed by atoms with Crippen molar-refractivity contribution in [2.24, 2.45) is 0 Å². The van der Waals surface area contributed by atoms with E-state index in [9.17, 15) is 4.79 Å². The second kappa shape index (κ2) is 6.32. The molecule has 0 amide bonds. The van der Waals surface area contributed by atoms with Gasteiger partial charge in [0.15, 0.2) is 0 Å². The summed E-state index contributed by atoms with van der Waals surface area (Å²) in [7, 11) is 3.03. The lowest BCUT2D eigenvalue weighted by Gasteiger charge is -2.05. The molecule has 5 heteroatoms. The zero-order valence-electron chi connectivity index (χ0n) is 9.58. The van der Waals surface area contributed by atoms with E-state index in [0.29, 0.717) is 11.8 Å². The summed E-state index contributed by atoms with van der Waals surface area (Å²) in [5.74, 6) is -0.112. The van der Waals surface area contributed by atoms with Gasteiger partial charge in [-0.15, -0.1) is 0 Å². The summed E-state index contributed by atoms with van der Waals surface area (Å²) >= 11 is 0. The smallest absolute Gasteiger partial charge is 0.328 e. The molecule has 0 fully saturated rings. The number of aromatic nitrogens is 1.